The van der Waals surface area contributed by atoms with Gasteiger partial charge in [-0.2, -0.15) is 0 Å². The minimum Gasteiger partial charge on any atom is -0.490 e. The quantitative estimate of drug-likeness (QED) is 0.730. The molecule has 0 fully saturated rings. The highest BCUT2D eigenvalue weighted by Crippen LogP contribution is 2.30. The summed E-state index contributed by atoms with van der Waals surface area (Å²) in [4.78, 5) is 14.8. The Balaban J connectivity index is 1.57. The number of amides is 2. The second-order valence-corrected chi connectivity index (χ2v) is 6.71. The molecule has 0 bridgehead atoms. The van der Waals surface area contributed by atoms with Crippen molar-refractivity contribution in [2.24, 2.45) is 0 Å². The summed E-state index contributed by atoms with van der Waals surface area (Å²) >= 11 is 0. The van der Waals surface area contributed by atoms with Gasteiger partial charge in [0.2, 0.25) is 0 Å². The summed E-state index contributed by atoms with van der Waals surface area (Å²) in [5.74, 6) is 1.67. The number of aryl methyl sites for hydroxylation is 1. The SMILES string of the molecule is CCN(CC)CCOc1ccccc1NC(=O)NC1CCCc2occc21. The molecule has 3 rings (SSSR count). The first-order valence-corrected chi connectivity index (χ1v) is 9.79. The molecule has 1 unspecified atom stereocenters. The average molecular weight is 371 g/mol. The topological polar surface area (TPSA) is 66.7 Å². The fourth-order valence-electron chi connectivity index (χ4n) is 3.47. The van der Waals surface area contributed by atoms with E-state index < -0.39 is 0 Å². The first-order chi connectivity index (χ1) is 13.2. The number of hydrogen-bond acceptors (Lipinski definition) is 4. The Morgan fingerprint density at radius 3 is 2.89 bits per heavy atom. The van der Waals surface area contributed by atoms with Crippen LogP contribution in [0.1, 0.15) is 44.1 Å². The van der Waals surface area contributed by atoms with Crippen molar-refractivity contribution in [3.05, 3.63) is 47.9 Å². The monoisotopic (exact) mass is 371 g/mol. The summed E-state index contributed by atoms with van der Waals surface area (Å²) in [7, 11) is 0. The van der Waals surface area contributed by atoms with Gasteiger partial charge in [-0.05, 0) is 44.1 Å². The van der Waals surface area contributed by atoms with E-state index in [1.165, 1.54) is 0 Å². The molecule has 2 N–H and O–H groups in total. The molecule has 0 aliphatic heterocycles. The maximum absolute atomic E-state index is 12.5. The highest BCUT2D eigenvalue weighted by Gasteiger charge is 2.24. The predicted octanol–water partition coefficient (Wildman–Crippen LogP) is 4.20. The average Bonchev–Trinajstić information content (AvgIpc) is 3.16. The number of hydrogen-bond donors (Lipinski definition) is 2. The van der Waals surface area contributed by atoms with E-state index in [1.807, 2.05) is 30.3 Å². The second kappa shape index (κ2) is 9.46. The van der Waals surface area contributed by atoms with Gasteiger partial charge >= 0.3 is 6.03 Å². The van der Waals surface area contributed by atoms with Gasteiger partial charge in [0.25, 0.3) is 0 Å². The number of para-hydroxylation sites is 2. The van der Waals surface area contributed by atoms with E-state index in [2.05, 4.69) is 29.4 Å². The van der Waals surface area contributed by atoms with Gasteiger partial charge in [0.15, 0.2) is 0 Å². The van der Waals surface area contributed by atoms with Gasteiger partial charge in [-0.15, -0.1) is 0 Å². The number of carbonyl (C=O) groups excluding carboxylic acids is 1. The molecule has 6 nitrogen and oxygen atoms in total. The number of ether oxygens (including phenoxy) is 1. The van der Waals surface area contributed by atoms with E-state index in [-0.39, 0.29) is 12.1 Å². The van der Waals surface area contributed by atoms with E-state index in [0.717, 1.165) is 50.2 Å². The van der Waals surface area contributed by atoms with Gasteiger partial charge in [-0.25, -0.2) is 4.79 Å². The first kappa shape index (κ1) is 19.3. The normalized spacial score (nSPS) is 16.0. The van der Waals surface area contributed by atoms with Crippen molar-refractivity contribution in [1.82, 2.24) is 10.2 Å². The number of rotatable bonds is 8. The molecule has 1 aromatic heterocycles. The van der Waals surface area contributed by atoms with Crippen LogP contribution >= 0.6 is 0 Å². The van der Waals surface area contributed by atoms with E-state index in [1.54, 1.807) is 6.26 Å². The molecule has 1 aliphatic rings. The maximum atomic E-state index is 12.5. The zero-order chi connectivity index (χ0) is 19.1. The van der Waals surface area contributed by atoms with Crippen LogP contribution in [-0.2, 0) is 6.42 Å². The molecular formula is C21H29N3O3. The number of anilines is 1. The number of furan rings is 1. The van der Waals surface area contributed by atoms with Gasteiger partial charge in [0, 0.05) is 18.5 Å². The smallest absolute Gasteiger partial charge is 0.319 e. The van der Waals surface area contributed by atoms with Crippen molar-refractivity contribution in [3.8, 4) is 5.75 Å². The van der Waals surface area contributed by atoms with E-state index in [0.29, 0.717) is 18.0 Å². The fourth-order valence-corrected chi connectivity index (χ4v) is 3.47. The van der Waals surface area contributed by atoms with Crippen molar-refractivity contribution < 1.29 is 13.9 Å². The van der Waals surface area contributed by atoms with E-state index in [4.69, 9.17) is 9.15 Å². The van der Waals surface area contributed by atoms with Crippen molar-refractivity contribution >= 4 is 11.7 Å². The lowest BCUT2D eigenvalue weighted by atomic mass is 9.93. The molecule has 0 radical (unpaired) electrons. The summed E-state index contributed by atoms with van der Waals surface area (Å²) in [6.45, 7) is 7.72. The third-order valence-corrected chi connectivity index (χ3v) is 5.05. The third kappa shape index (κ3) is 5.04. The zero-order valence-corrected chi connectivity index (χ0v) is 16.2. The van der Waals surface area contributed by atoms with E-state index >= 15 is 0 Å². The second-order valence-electron chi connectivity index (χ2n) is 6.71. The van der Waals surface area contributed by atoms with Crippen LogP contribution in [0.15, 0.2) is 41.0 Å². The first-order valence-electron chi connectivity index (χ1n) is 9.79. The molecule has 1 aromatic carbocycles. The molecule has 1 atom stereocenters. The maximum Gasteiger partial charge on any atom is 0.319 e. The Kier molecular flexibility index (Phi) is 6.76. The Bertz CT molecular complexity index is 740. The number of fused-ring (bicyclic) bond motifs is 1. The Morgan fingerprint density at radius 2 is 2.07 bits per heavy atom. The molecular weight excluding hydrogens is 342 g/mol. The standard InChI is InChI=1S/C21H29N3O3/c1-3-24(4-2)13-15-27-20-10-6-5-8-18(20)23-21(25)22-17-9-7-11-19-16(17)12-14-26-19/h5-6,8,10,12,14,17H,3-4,7,9,11,13,15H2,1-2H3,(H2,22,23,25). The van der Waals surface area contributed by atoms with Crippen LogP contribution in [0.3, 0.4) is 0 Å². The Hall–Kier alpha value is -2.47. The highest BCUT2D eigenvalue weighted by atomic mass is 16.5. The molecule has 2 amide bonds. The lowest BCUT2D eigenvalue weighted by Crippen LogP contribution is -2.34. The largest absolute Gasteiger partial charge is 0.490 e. The molecule has 0 saturated heterocycles. The van der Waals surface area contributed by atoms with Crippen LogP contribution in [0, 0.1) is 0 Å². The number of carbonyl (C=O) groups is 1. The van der Waals surface area contributed by atoms with Crippen LogP contribution in [0.2, 0.25) is 0 Å². The van der Waals surface area contributed by atoms with Gasteiger partial charge in [-0.1, -0.05) is 26.0 Å². The van der Waals surface area contributed by atoms with Crippen LogP contribution in [-0.4, -0.2) is 37.2 Å². The van der Waals surface area contributed by atoms with Crippen LogP contribution in [0.5, 0.6) is 5.75 Å². The fraction of sp³-hybridized carbons (Fsp3) is 0.476. The van der Waals surface area contributed by atoms with Crippen molar-refractivity contribution in [2.45, 2.75) is 39.2 Å². The number of benzene rings is 1. The van der Waals surface area contributed by atoms with Crippen LogP contribution in [0.4, 0.5) is 10.5 Å². The van der Waals surface area contributed by atoms with Crippen molar-refractivity contribution in [1.29, 1.82) is 0 Å². The molecule has 0 spiro atoms. The Morgan fingerprint density at radius 1 is 1.26 bits per heavy atom. The number of nitrogens with zero attached hydrogens (tertiary/aromatic N) is 1. The highest BCUT2D eigenvalue weighted by molar-refractivity contribution is 5.91. The minimum atomic E-state index is -0.228. The lowest BCUT2D eigenvalue weighted by molar-refractivity contribution is 0.223. The Labute approximate surface area is 160 Å². The number of nitrogens with one attached hydrogen (secondary N) is 2. The van der Waals surface area contributed by atoms with E-state index in [9.17, 15) is 4.79 Å². The molecule has 146 valence electrons. The van der Waals surface area contributed by atoms with Crippen LogP contribution < -0.4 is 15.4 Å². The summed E-state index contributed by atoms with van der Waals surface area (Å²) in [6.07, 6.45) is 4.56. The molecule has 6 heteroatoms. The van der Waals surface area contributed by atoms with Gasteiger partial charge in [0.1, 0.15) is 18.1 Å². The van der Waals surface area contributed by atoms with Crippen molar-refractivity contribution in [3.63, 3.8) is 0 Å². The predicted molar refractivity (Wildman–Crippen MR) is 106 cm³/mol. The lowest BCUT2D eigenvalue weighted by Gasteiger charge is -2.23. The molecule has 27 heavy (non-hydrogen) atoms. The van der Waals surface area contributed by atoms with Crippen LogP contribution in [0.25, 0.3) is 0 Å². The summed E-state index contributed by atoms with van der Waals surface area (Å²) in [5.41, 5.74) is 1.76. The minimum absolute atomic E-state index is 0.0109. The van der Waals surface area contributed by atoms with Crippen molar-refractivity contribution in [2.75, 3.05) is 31.6 Å². The molecule has 1 heterocycles. The third-order valence-electron chi connectivity index (χ3n) is 5.05. The molecule has 1 aliphatic carbocycles. The van der Waals surface area contributed by atoms with Gasteiger partial charge in [-0.3, -0.25) is 0 Å². The summed E-state index contributed by atoms with van der Waals surface area (Å²) < 4.78 is 11.4. The summed E-state index contributed by atoms with van der Waals surface area (Å²) in [6, 6.07) is 9.25. The molecule has 0 saturated carbocycles. The van der Waals surface area contributed by atoms with Gasteiger partial charge in [0.05, 0.1) is 18.0 Å². The van der Waals surface area contributed by atoms with Gasteiger partial charge < -0.3 is 24.7 Å². The zero-order valence-electron chi connectivity index (χ0n) is 16.2. The molecule has 2 aromatic rings. The number of urea groups is 1. The summed E-state index contributed by atoms with van der Waals surface area (Å²) in [5, 5.41) is 5.98. The number of likely N-dealkylation sites (N-methyl/N-ethyl adjacent to an activating group) is 1.